The molecule has 0 radical (unpaired) electrons. The summed E-state index contributed by atoms with van der Waals surface area (Å²) in [6.45, 7) is 0. The topological polar surface area (TPSA) is 3.24 Å². The molecular formula is C59H41N. The first kappa shape index (κ1) is 35.4. The van der Waals surface area contributed by atoms with Crippen LogP contribution in [-0.2, 0) is 5.41 Å². The zero-order chi connectivity index (χ0) is 39.9. The molecule has 0 saturated heterocycles. The molecule has 0 aromatic heterocycles. The minimum Gasteiger partial charge on any atom is -0.310 e. The first-order chi connectivity index (χ1) is 29.8. The van der Waals surface area contributed by atoms with Gasteiger partial charge in [0.2, 0.25) is 0 Å². The van der Waals surface area contributed by atoms with E-state index in [1.807, 2.05) is 0 Å². The Labute approximate surface area is 352 Å². The maximum atomic E-state index is 2.46. The standard InChI is InChI=1S/C59H41N/c1-4-18-42(19-5-1)43-34-38-48(39-35-43)60(49-40-36-45(37-41-49)51-27-12-13-28-52(51)53-30-16-21-44-20-10-11-26-50(44)53)57-33-17-32-56-58(57)54-29-14-15-31-55(54)59(56,46-22-6-2-7-23-46)47-24-8-3-9-25-47/h1-41H. The molecule has 0 bridgehead atoms. The van der Waals surface area contributed by atoms with Crippen molar-refractivity contribution in [3.8, 4) is 44.5 Å². The zero-order valence-corrected chi connectivity index (χ0v) is 33.1. The van der Waals surface area contributed by atoms with Crippen molar-refractivity contribution in [2.45, 2.75) is 5.41 Å². The fraction of sp³-hybridized carbons (Fsp3) is 0.0169. The van der Waals surface area contributed by atoms with Crippen LogP contribution in [0.1, 0.15) is 22.3 Å². The van der Waals surface area contributed by atoms with E-state index in [-0.39, 0.29) is 0 Å². The van der Waals surface area contributed by atoms with Crippen LogP contribution >= 0.6 is 0 Å². The van der Waals surface area contributed by atoms with E-state index in [1.165, 1.54) is 77.5 Å². The molecule has 0 heterocycles. The molecule has 1 aliphatic carbocycles. The van der Waals surface area contributed by atoms with Crippen LogP contribution in [0.25, 0.3) is 55.3 Å². The summed E-state index contributed by atoms with van der Waals surface area (Å²) in [7, 11) is 0. The van der Waals surface area contributed by atoms with Crippen LogP contribution in [0.5, 0.6) is 0 Å². The molecule has 0 N–H and O–H groups in total. The first-order valence-corrected chi connectivity index (χ1v) is 20.8. The monoisotopic (exact) mass is 763 g/mol. The molecule has 1 nitrogen and oxygen atoms in total. The summed E-state index contributed by atoms with van der Waals surface area (Å²) in [4.78, 5) is 2.46. The summed E-state index contributed by atoms with van der Waals surface area (Å²) in [6.07, 6.45) is 0. The van der Waals surface area contributed by atoms with Gasteiger partial charge >= 0.3 is 0 Å². The van der Waals surface area contributed by atoms with Crippen LogP contribution in [-0.4, -0.2) is 0 Å². The second-order valence-electron chi connectivity index (χ2n) is 15.6. The van der Waals surface area contributed by atoms with E-state index >= 15 is 0 Å². The number of anilines is 3. The minimum absolute atomic E-state index is 0.498. The Hall–Kier alpha value is -7.74. The van der Waals surface area contributed by atoms with Crippen molar-refractivity contribution >= 4 is 27.8 Å². The highest BCUT2D eigenvalue weighted by Crippen LogP contribution is 2.59. The van der Waals surface area contributed by atoms with Gasteiger partial charge in [0.05, 0.1) is 11.1 Å². The first-order valence-electron chi connectivity index (χ1n) is 20.8. The van der Waals surface area contributed by atoms with Crippen molar-refractivity contribution in [3.63, 3.8) is 0 Å². The van der Waals surface area contributed by atoms with Crippen molar-refractivity contribution in [2.75, 3.05) is 4.90 Å². The average Bonchev–Trinajstić information content (AvgIpc) is 3.64. The fourth-order valence-corrected chi connectivity index (χ4v) is 9.74. The quantitative estimate of drug-likeness (QED) is 0.149. The normalized spacial score (nSPS) is 12.5. The lowest BCUT2D eigenvalue weighted by atomic mass is 9.68. The van der Waals surface area contributed by atoms with Gasteiger partial charge in [-0.05, 0) is 102 Å². The lowest BCUT2D eigenvalue weighted by Crippen LogP contribution is -2.28. The number of hydrogen-bond donors (Lipinski definition) is 0. The SMILES string of the molecule is c1ccc(-c2ccc(N(c3ccc(-c4ccccc4-c4cccc5ccccc45)cc3)c3cccc4c3-c3ccccc3C4(c3ccccc3)c3ccccc3)cc2)cc1. The van der Waals surface area contributed by atoms with Crippen molar-refractivity contribution in [1.29, 1.82) is 0 Å². The van der Waals surface area contributed by atoms with Crippen molar-refractivity contribution in [2.24, 2.45) is 0 Å². The van der Waals surface area contributed by atoms with Gasteiger partial charge in [0.15, 0.2) is 0 Å². The Morgan fingerprint density at radius 2 is 0.750 bits per heavy atom. The average molecular weight is 764 g/mol. The van der Waals surface area contributed by atoms with Crippen LogP contribution in [0.2, 0.25) is 0 Å². The Bertz CT molecular complexity index is 3070. The van der Waals surface area contributed by atoms with E-state index in [4.69, 9.17) is 0 Å². The fourth-order valence-electron chi connectivity index (χ4n) is 9.74. The van der Waals surface area contributed by atoms with Gasteiger partial charge in [0.1, 0.15) is 0 Å². The number of hydrogen-bond acceptors (Lipinski definition) is 1. The van der Waals surface area contributed by atoms with E-state index in [0.29, 0.717) is 0 Å². The lowest BCUT2D eigenvalue weighted by Gasteiger charge is -2.34. The molecule has 0 saturated carbocycles. The third kappa shape index (κ3) is 5.78. The third-order valence-corrected chi connectivity index (χ3v) is 12.4. The number of benzene rings is 10. The van der Waals surface area contributed by atoms with Crippen LogP contribution in [0, 0.1) is 0 Å². The van der Waals surface area contributed by atoms with Gasteiger partial charge in [-0.25, -0.2) is 0 Å². The summed E-state index contributed by atoms with van der Waals surface area (Å²) < 4.78 is 0. The minimum atomic E-state index is -0.498. The summed E-state index contributed by atoms with van der Waals surface area (Å²) >= 11 is 0. The molecule has 282 valence electrons. The Morgan fingerprint density at radius 3 is 1.43 bits per heavy atom. The summed E-state index contributed by atoms with van der Waals surface area (Å²) in [6, 6.07) is 90.9. The van der Waals surface area contributed by atoms with E-state index in [2.05, 4.69) is 254 Å². The molecule has 0 aliphatic heterocycles. The molecule has 0 atom stereocenters. The van der Waals surface area contributed by atoms with E-state index in [1.54, 1.807) is 0 Å². The van der Waals surface area contributed by atoms with Crippen molar-refractivity contribution in [1.82, 2.24) is 0 Å². The molecule has 10 aromatic rings. The number of fused-ring (bicyclic) bond motifs is 4. The number of nitrogens with zero attached hydrogens (tertiary/aromatic N) is 1. The molecule has 0 amide bonds. The highest BCUT2D eigenvalue weighted by Gasteiger charge is 2.47. The van der Waals surface area contributed by atoms with Gasteiger partial charge in [-0.2, -0.15) is 0 Å². The predicted molar refractivity (Wildman–Crippen MR) is 252 cm³/mol. The number of rotatable bonds is 8. The largest absolute Gasteiger partial charge is 0.310 e. The van der Waals surface area contributed by atoms with Gasteiger partial charge < -0.3 is 4.90 Å². The predicted octanol–water partition coefficient (Wildman–Crippen LogP) is 15.7. The van der Waals surface area contributed by atoms with Gasteiger partial charge in [0.25, 0.3) is 0 Å². The molecule has 1 aliphatic rings. The van der Waals surface area contributed by atoms with Crippen LogP contribution in [0.15, 0.2) is 249 Å². The second kappa shape index (κ2) is 14.9. The Morgan fingerprint density at radius 1 is 0.283 bits per heavy atom. The van der Waals surface area contributed by atoms with Crippen LogP contribution < -0.4 is 4.90 Å². The maximum Gasteiger partial charge on any atom is 0.0714 e. The molecule has 0 spiro atoms. The molecule has 10 aromatic carbocycles. The highest BCUT2D eigenvalue weighted by molar-refractivity contribution is 6.01. The molecule has 60 heavy (non-hydrogen) atoms. The maximum absolute atomic E-state index is 2.46. The Kier molecular flexibility index (Phi) is 8.79. The van der Waals surface area contributed by atoms with Crippen molar-refractivity contribution in [3.05, 3.63) is 271 Å². The van der Waals surface area contributed by atoms with E-state index in [9.17, 15) is 0 Å². The summed E-state index contributed by atoms with van der Waals surface area (Å²) in [5, 5.41) is 2.50. The van der Waals surface area contributed by atoms with Crippen LogP contribution in [0.3, 0.4) is 0 Å². The second-order valence-corrected chi connectivity index (χ2v) is 15.6. The van der Waals surface area contributed by atoms with E-state index in [0.717, 1.165) is 17.1 Å². The summed E-state index contributed by atoms with van der Waals surface area (Å²) in [5.41, 5.74) is 17.7. The van der Waals surface area contributed by atoms with Crippen LogP contribution in [0.4, 0.5) is 17.1 Å². The molecular weight excluding hydrogens is 723 g/mol. The smallest absolute Gasteiger partial charge is 0.0714 e. The highest BCUT2D eigenvalue weighted by atomic mass is 15.1. The third-order valence-electron chi connectivity index (χ3n) is 12.4. The van der Waals surface area contributed by atoms with Gasteiger partial charge in [0, 0.05) is 16.9 Å². The molecule has 11 rings (SSSR count). The van der Waals surface area contributed by atoms with Gasteiger partial charge in [-0.3, -0.25) is 0 Å². The van der Waals surface area contributed by atoms with E-state index < -0.39 is 5.41 Å². The Balaban J connectivity index is 1.11. The molecule has 1 heteroatoms. The summed E-state index contributed by atoms with van der Waals surface area (Å²) in [5.74, 6) is 0. The zero-order valence-electron chi connectivity index (χ0n) is 33.1. The lowest BCUT2D eigenvalue weighted by molar-refractivity contribution is 0.768. The van der Waals surface area contributed by atoms with Gasteiger partial charge in [-0.1, -0.05) is 218 Å². The molecule has 0 unspecified atom stereocenters. The molecule has 0 fully saturated rings. The van der Waals surface area contributed by atoms with Gasteiger partial charge in [-0.15, -0.1) is 0 Å². The van der Waals surface area contributed by atoms with Crippen molar-refractivity contribution < 1.29 is 0 Å².